The number of nitrogens with one attached hydrogen (secondary N) is 1. The summed E-state index contributed by atoms with van der Waals surface area (Å²) in [5.74, 6) is 0.686. The molecule has 0 unspecified atom stereocenters. The fourth-order valence-electron chi connectivity index (χ4n) is 3.59. The Morgan fingerprint density at radius 2 is 1.90 bits per heavy atom. The summed E-state index contributed by atoms with van der Waals surface area (Å²) in [6.07, 6.45) is 2.72. The number of rotatable bonds is 7. The molecule has 0 bridgehead atoms. The van der Waals surface area contributed by atoms with Gasteiger partial charge < -0.3 is 14.6 Å². The molecule has 1 amide bonds. The van der Waals surface area contributed by atoms with Crippen LogP contribution in [0.3, 0.4) is 0 Å². The number of aryl methyl sites for hydroxylation is 1. The minimum Gasteiger partial charge on any atom is -0.497 e. The zero-order valence-corrected chi connectivity index (χ0v) is 16.8. The second-order valence-corrected chi connectivity index (χ2v) is 7.27. The van der Waals surface area contributed by atoms with Gasteiger partial charge in [-0.3, -0.25) is 4.79 Å². The molecule has 0 aliphatic heterocycles. The molecule has 4 aromatic rings. The number of imidazole rings is 1. The topological polar surface area (TPSA) is 56.1 Å². The maximum absolute atomic E-state index is 12.6. The van der Waals surface area contributed by atoms with E-state index >= 15 is 0 Å². The molecule has 1 atom stereocenters. The molecule has 5 nitrogen and oxygen atoms in total. The number of carbonyl (C=O) groups is 1. The Kier molecular flexibility index (Phi) is 5.47. The van der Waals surface area contributed by atoms with Crippen molar-refractivity contribution in [2.45, 2.75) is 25.8 Å². The second kappa shape index (κ2) is 8.35. The van der Waals surface area contributed by atoms with E-state index in [4.69, 9.17) is 4.74 Å². The van der Waals surface area contributed by atoms with Crippen molar-refractivity contribution in [1.82, 2.24) is 14.9 Å². The third-order valence-corrected chi connectivity index (χ3v) is 5.37. The number of hydrogen-bond acceptors (Lipinski definition) is 3. The molecule has 1 heterocycles. The number of nitrogens with zero attached hydrogens (tertiary/aromatic N) is 2. The average molecular weight is 387 g/mol. The van der Waals surface area contributed by atoms with Crippen LogP contribution in [0, 0.1) is 0 Å². The first-order chi connectivity index (χ1) is 14.2. The molecule has 0 fully saturated rings. The zero-order chi connectivity index (χ0) is 20.2. The monoisotopic (exact) mass is 387 g/mol. The Hall–Kier alpha value is -3.34. The summed E-state index contributed by atoms with van der Waals surface area (Å²) in [6, 6.07) is 20.2. The zero-order valence-electron chi connectivity index (χ0n) is 16.8. The van der Waals surface area contributed by atoms with Crippen LogP contribution in [0.2, 0.25) is 0 Å². The predicted molar refractivity (Wildman–Crippen MR) is 116 cm³/mol. The van der Waals surface area contributed by atoms with Gasteiger partial charge in [-0.2, -0.15) is 0 Å². The van der Waals surface area contributed by atoms with E-state index in [9.17, 15) is 4.79 Å². The summed E-state index contributed by atoms with van der Waals surface area (Å²) in [5.41, 5.74) is 3.14. The highest BCUT2D eigenvalue weighted by molar-refractivity contribution is 5.88. The van der Waals surface area contributed by atoms with Crippen molar-refractivity contribution in [3.05, 3.63) is 72.6 Å². The van der Waals surface area contributed by atoms with Crippen LogP contribution in [0.4, 0.5) is 0 Å². The van der Waals surface area contributed by atoms with E-state index in [1.165, 1.54) is 0 Å². The maximum Gasteiger partial charge on any atom is 0.227 e. The Morgan fingerprint density at radius 1 is 1.10 bits per heavy atom. The number of para-hydroxylation sites is 2. The number of hydrogen-bond donors (Lipinski definition) is 1. The SMILES string of the molecule is COc1ccc2cc([C@H](C)C(=O)NCCCn3cnc4ccccc43)ccc2c1. The predicted octanol–water partition coefficient (Wildman–Crippen LogP) is 4.51. The van der Waals surface area contributed by atoms with Crippen molar-refractivity contribution in [3.8, 4) is 5.75 Å². The minimum atomic E-state index is -0.199. The van der Waals surface area contributed by atoms with Crippen LogP contribution in [0.25, 0.3) is 21.8 Å². The lowest BCUT2D eigenvalue weighted by Gasteiger charge is -2.14. The Balaban J connectivity index is 1.34. The van der Waals surface area contributed by atoms with Gasteiger partial charge in [0.2, 0.25) is 5.91 Å². The van der Waals surface area contributed by atoms with E-state index in [0.717, 1.165) is 46.1 Å². The number of amides is 1. The molecule has 148 valence electrons. The van der Waals surface area contributed by atoms with Crippen LogP contribution >= 0.6 is 0 Å². The Morgan fingerprint density at radius 3 is 2.76 bits per heavy atom. The number of fused-ring (bicyclic) bond motifs is 2. The van der Waals surface area contributed by atoms with E-state index in [0.29, 0.717) is 6.54 Å². The highest BCUT2D eigenvalue weighted by Crippen LogP contribution is 2.25. The lowest BCUT2D eigenvalue weighted by molar-refractivity contribution is -0.122. The first-order valence-electron chi connectivity index (χ1n) is 9.91. The van der Waals surface area contributed by atoms with Crippen LogP contribution in [-0.4, -0.2) is 29.1 Å². The van der Waals surface area contributed by atoms with E-state index < -0.39 is 0 Å². The summed E-state index contributed by atoms with van der Waals surface area (Å²) in [5, 5.41) is 5.28. The highest BCUT2D eigenvalue weighted by atomic mass is 16.5. The van der Waals surface area contributed by atoms with Gasteiger partial charge in [0.05, 0.1) is 30.4 Å². The lowest BCUT2D eigenvalue weighted by atomic mass is 9.97. The molecule has 0 radical (unpaired) electrons. The maximum atomic E-state index is 12.6. The molecule has 0 aliphatic rings. The number of benzene rings is 3. The summed E-state index contributed by atoms with van der Waals surface area (Å²) in [4.78, 5) is 17.0. The van der Waals surface area contributed by atoms with Crippen LogP contribution in [0.15, 0.2) is 67.0 Å². The number of aromatic nitrogens is 2. The van der Waals surface area contributed by atoms with Crippen molar-refractivity contribution in [3.63, 3.8) is 0 Å². The van der Waals surface area contributed by atoms with Gasteiger partial charge in [-0.15, -0.1) is 0 Å². The molecular formula is C24H25N3O2. The second-order valence-electron chi connectivity index (χ2n) is 7.27. The van der Waals surface area contributed by atoms with Crippen molar-refractivity contribution in [2.75, 3.05) is 13.7 Å². The van der Waals surface area contributed by atoms with Crippen LogP contribution in [0.1, 0.15) is 24.8 Å². The van der Waals surface area contributed by atoms with E-state index in [2.05, 4.69) is 27.0 Å². The number of carbonyl (C=O) groups excluding carboxylic acids is 1. The summed E-state index contributed by atoms with van der Waals surface area (Å²) < 4.78 is 7.40. The van der Waals surface area contributed by atoms with E-state index in [1.54, 1.807) is 7.11 Å². The highest BCUT2D eigenvalue weighted by Gasteiger charge is 2.15. The smallest absolute Gasteiger partial charge is 0.227 e. The molecule has 4 rings (SSSR count). The number of ether oxygens (including phenoxy) is 1. The first-order valence-corrected chi connectivity index (χ1v) is 9.91. The van der Waals surface area contributed by atoms with Gasteiger partial charge in [-0.05, 0) is 53.9 Å². The van der Waals surface area contributed by atoms with Crippen LogP contribution in [-0.2, 0) is 11.3 Å². The third-order valence-electron chi connectivity index (χ3n) is 5.37. The van der Waals surface area contributed by atoms with Crippen molar-refractivity contribution in [1.29, 1.82) is 0 Å². The summed E-state index contributed by atoms with van der Waals surface area (Å²) >= 11 is 0. The van der Waals surface area contributed by atoms with Gasteiger partial charge >= 0.3 is 0 Å². The fourth-order valence-corrected chi connectivity index (χ4v) is 3.59. The average Bonchev–Trinajstić information content (AvgIpc) is 3.18. The lowest BCUT2D eigenvalue weighted by Crippen LogP contribution is -2.29. The molecular weight excluding hydrogens is 362 g/mol. The molecule has 5 heteroatoms. The van der Waals surface area contributed by atoms with Gasteiger partial charge in [-0.25, -0.2) is 4.98 Å². The normalized spacial score (nSPS) is 12.2. The minimum absolute atomic E-state index is 0.0494. The molecule has 0 spiro atoms. The summed E-state index contributed by atoms with van der Waals surface area (Å²) in [6.45, 7) is 3.41. The van der Waals surface area contributed by atoms with Gasteiger partial charge in [0, 0.05) is 13.1 Å². The first kappa shape index (κ1) is 19.0. The van der Waals surface area contributed by atoms with Gasteiger partial charge in [-0.1, -0.05) is 36.4 Å². The quantitative estimate of drug-likeness (QED) is 0.475. The molecule has 0 saturated carbocycles. The number of methoxy groups -OCH3 is 1. The Bertz CT molecular complexity index is 1150. The van der Waals surface area contributed by atoms with Crippen molar-refractivity contribution < 1.29 is 9.53 Å². The molecule has 29 heavy (non-hydrogen) atoms. The molecule has 1 N–H and O–H groups in total. The van der Waals surface area contributed by atoms with Crippen molar-refractivity contribution in [2.24, 2.45) is 0 Å². The molecule has 0 saturated heterocycles. The Labute approximate surface area is 170 Å². The van der Waals surface area contributed by atoms with Gasteiger partial charge in [0.1, 0.15) is 5.75 Å². The fraction of sp³-hybridized carbons (Fsp3) is 0.250. The largest absolute Gasteiger partial charge is 0.497 e. The van der Waals surface area contributed by atoms with Gasteiger partial charge in [0.25, 0.3) is 0 Å². The summed E-state index contributed by atoms with van der Waals surface area (Å²) in [7, 11) is 1.66. The standard InChI is InChI=1S/C24H25N3O2/c1-17(18-8-9-20-15-21(29-2)11-10-19(20)14-18)24(28)25-12-5-13-27-16-26-22-6-3-4-7-23(22)27/h3-4,6-11,14-17H,5,12-13H2,1-2H3,(H,25,28)/t17-/m0/s1. The third kappa shape index (κ3) is 4.09. The molecule has 3 aromatic carbocycles. The molecule has 0 aliphatic carbocycles. The van der Waals surface area contributed by atoms with Crippen LogP contribution in [0.5, 0.6) is 5.75 Å². The van der Waals surface area contributed by atoms with Gasteiger partial charge in [0.15, 0.2) is 0 Å². The van der Waals surface area contributed by atoms with E-state index in [-0.39, 0.29) is 11.8 Å². The van der Waals surface area contributed by atoms with Crippen LogP contribution < -0.4 is 10.1 Å². The van der Waals surface area contributed by atoms with Crippen molar-refractivity contribution >= 4 is 27.7 Å². The van der Waals surface area contributed by atoms with E-state index in [1.807, 2.05) is 61.8 Å². The molecule has 1 aromatic heterocycles.